The summed E-state index contributed by atoms with van der Waals surface area (Å²) in [5, 5.41) is 9.43. The topological polar surface area (TPSA) is 20.2 Å². The molecule has 0 aromatic carbocycles. The molecule has 2 bridgehead atoms. The predicted molar refractivity (Wildman–Crippen MR) is 59.1 cm³/mol. The van der Waals surface area contributed by atoms with Gasteiger partial charge in [0.05, 0.1) is 0 Å². The summed E-state index contributed by atoms with van der Waals surface area (Å²) in [5.41, 5.74) is 1.02. The summed E-state index contributed by atoms with van der Waals surface area (Å²) >= 11 is 0. The summed E-state index contributed by atoms with van der Waals surface area (Å²) in [5.74, 6) is 0.842. The fraction of sp³-hybridized carbons (Fsp3) is 1.00. The van der Waals surface area contributed by atoms with Crippen LogP contribution < -0.4 is 0 Å². The van der Waals surface area contributed by atoms with Crippen LogP contribution in [0.4, 0.5) is 0 Å². The third-order valence-corrected chi connectivity index (χ3v) is 4.73. The Bertz CT molecular complexity index is 183. The molecule has 0 radical (unpaired) electrons. The average molecular weight is 196 g/mol. The Labute approximate surface area is 87.9 Å². The van der Waals surface area contributed by atoms with Crippen molar-refractivity contribution in [2.24, 2.45) is 16.7 Å². The molecule has 3 rings (SSSR count). The molecular formula is C13H24O. The van der Waals surface area contributed by atoms with Crippen molar-refractivity contribution in [3.8, 4) is 0 Å². The maximum atomic E-state index is 9.43. The van der Waals surface area contributed by atoms with E-state index < -0.39 is 0 Å². The normalized spacial score (nSPS) is 42.0. The standard InChI is InChI=1S/C13H24O/c1-11(2)9-12-3-6-13(10-14,7-4-12)8-5-12/h11,14H,3-10H2,1-2H3. The first-order valence-corrected chi connectivity index (χ1v) is 6.21. The Morgan fingerprint density at radius 3 is 1.71 bits per heavy atom. The Kier molecular flexibility index (Phi) is 2.63. The van der Waals surface area contributed by atoms with E-state index in [9.17, 15) is 5.11 Å². The zero-order valence-corrected chi connectivity index (χ0v) is 9.68. The maximum Gasteiger partial charge on any atom is 0.0487 e. The number of aliphatic hydroxyl groups excluding tert-OH is 1. The van der Waals surface area contributed by atoms with Crippen molar-refractivity contribution in [3.63, 3.8) is 0 Å². The molecule has 3 fully saturated rings. The SMILES string of the molecule is CC(C)CC12CCC(CO)(CC1)CC2. The Hall–Kier alpha value is -0.0400. The van der Waals surface area contributed by atoms with Crippen molar-refractivity contribution in [3.05, 3.63) is 0 Å². The lowest BCUT2D eigenvalue weighted by Crippen LogP contribution is -2.43. The van der Waals surface area contributed by atoms with Crippen LogP contribution in [0.1, 0.15) is 58.8 Å². The van der Waals surface area contributed by atoms with E-state index in [1.807, 2.05) is 0 Å². The van der Waals surface area contributed by atoms with Gasteiger partial charge in [0.25, 0.3) is 0 Å². The minimum Gasteiger partial charge on any atom is -0.396 e. The third kappa shape index (κ3) is 1.71. The van der Waals surface area contributed by atoms with Gasteiger partial charge in [-0.1, -0.05) is 13.8 Å². The molecule has 0 aliphatic heterocycles. The van der Waals surface area contributed by atoms with Crippen LogP contribution in [0.3, 0.4) is 0 Å². The Morgan fingerprint density at radius 1 is 0.929 bits per heavy atom. The largest absolute Gasteiger partial charge is 0.396 e. The number of aliphatic hydroxyl groups is 1. The molecule has 0 saturated heterocycles. The molecule has 3 saturated carbocycles. The molecule has 14 heavy (non-hydrogen) atoms. The summed E-state index contributed by atoms with van der Waals surface area (Å²) in [6.07, 6.45) is 9.42. The lowest BCUT2D eigenvalue weighted by molar-refractivity contribution is -0.0509. The van der Waals surface area contributed by atoms with E-state index in [2.05, 4.69) is 13.8 Å². The molecule has 0 aromatic heterocycles. The highest BCUT2D eigenvalue weighted by molar-refractivity contribution is 4.99. The van der Waals surface area contributed by atoms with Gasteiger partial charge in [-0.2, -0.15) is 0 Å². The summed E-state index contributed by atoms with van der Waals surface area (Å²) in [6.45, 7) is 5.12. The fourth-order valence-corrected chi connectivity index (χ4v) is 3.75. The first kappa shape index (κ1) is 10.5. The van der Waals surface area contributed by atoms with Crippen molar-refractivity contribution in [2.75, 3.05) is 6.61 Å². The highest BCUT2D eigenvalue weighted by Gasteiger charge is 2.47. The van der Waals surface area contributed by atoms with Crippen LogP contribution >= 0.6 is 0 Å². The van der Waals surface area contributed by atoms with Gasteiger partial charge >= 0.3 is 0 Å². The van der Waals surface area contributed by atoms with Crippen molar-refractivity contribution in [1.29, 1.82) is 0 Å². The summed E-state index contributed by atoms with van der Waals surface area (Å²) in [4.78, 5) is 0. The average Bonchev–Trinajstić information content (AvgIpc) is 2.19. The maximum absolute atomic E-state index is 9.43. The molecule has 1 N–H and O–H groups in total. The van der Waals surface area contributed by atoms with E-state index in [0.29, 0.717) is 17.4 Å². The second-order valence-electron chi connectivity index (χ2n) is 6.26. The predicted octanol–water partition coefficient (Wildman–Crippen LogP) is 3.37. The van der Waals surface area contributed by atoms with E-state index in [1.54, 1.807) is 0 Å². The summed E-state index contributed by atoms with van der Waals surface area (Å²) in [6, 6.07) is 0. The van der Waals surface area contributed by atoms with Crippen LogP contribution in [0.5, 0.6) is 0 Å². The fourth-order valence-electron chi connectivity index (χ4n) is 3.75. The molecule has 0 heterocycles. The van der Waals surface area contributed by atoms with Crippen LogP contribution in [0.25, 0.3) is 0 Å². The minimum atomic E-state index is 0.346. The zero-order chi connectivity index (χ0) is 10.2. The molecule has 3 aliphatic carbocycles. The van der Waals surface area contributed by atoms with Crippen LogP contribution in [0, 0.1) is 16.7 Å². The number of hydrogen-bond donors (Lipinski definition) is 1. The summed E-state index contributed by atoms with van der Waals surface area (Å²) in [7, 11) is 0. The number of rotatable bonds is 3. The monoisotopic (exact) mass is 196 g/mol. The van der Waals surface area contributed by atoms with Crippen molar-refractivity contribution in [1.82, 2.24) is 0 Å². The zero-order valence-electron chi connectivity index (χ0n) is 9.68. The molecule has 82 valence electrons. The lowest BCUT2D eigenvalue weighted by Gasteiger charge is -2.53. The highest BCUT2D eigenvalue weighted by atomic mass is 16.3. The molecule has 0 spiro atoms. The molecule has 0 atom stereocenters. The molecular weight excluding hydrogens is 172 g/mol. The molecule has 0 amide bonds. The van der Waals surface area contributed by atoms with E-state index in [1.165, 1.54) is 44.9 Å². The van der Waals surface area contributed by atoms with Crippen LogP contribution in [0.2, 0.25) is 0 Å². The second kappa shape index (κ2) is 3.52. The van der Waals surface area contributed by atoms with Crippen LogP contribution in [0.15, 0.2) is 0 Å². The first-order valence-electron chi connectivity index (χ1n) is 6.21. The summed E-state index contributed by atoms with van der Waals surface area (Å²) < 4.78 is 0. The van der Waals surface area contributed by atoms with Gasteiger partial charge in [0.1, 0.15) is 0 Å². The smallest absolute Gasteiger partial charge is 0.0487 e. The van der Waals surface area contributed by atoms with Gasteiger partial charge in [-0.25, -0.2) is 0 Å². The van der Waals surface area contributed by atoms with Gasteiger partial charge in [0, 0.05) is 6.61 Å². The van der Waals surface area contributed by atoms with Crippen molar-refractivity contribution >= 4 is 0 Å². The van der Waals surface area contributed by atoms with E-state index in [4.69, 9.17) is 0 Å². The third-order valence-electron chi connectivity index (χ3n) is 4.73. The van der Waals surface area contributed by atoms with E-state index >= 15 is 0 Å². The second-order valence-corrected chi connectivity index (χ2v) is 6.26. The van der Waals surface area contributed by atoms with Crippen molar-refractivity contribution in [2.45, 2.75) is 58.8 Å². The molecule has 1 heteroatoms. The molecule has 0 aromatic rings. The Balaban J connectivity index is 2.01. The van der Waals surface area contributed by atoms with E-state index in [-0.39, 0.29) is 0 Å². The quantitative estimate of drug-likeness (QED) is 0.734. The first-order chi connectivity index (χ1) is 6.60. The van der Waals surface area contributed by atoms with Gasteiger partial charge in [0.15, 0.2) is 0 Å². The number of hydrogen-bond acceptors (Lipinski definition) is 1. The van der Waals surface area contributed by atoms with Gasteiger partial charge < -0.3 is 5.11 Å². The van der Waals surface area contributed by atoms with Gasteiger partial charge in [0.2, 0.25) is 0 Å². The van der Waals surface area contributed by atoms with Crippen LogP contribution in [-0.2, 0) is 0 Å². The number of fused-ring (bicyclic) bond motifs is 3. The molecule has 0 unspecified atom stereocenters. The minimum absolute atomic E-state index is 0.346. The molecule has 1 nitrogen and oxygen atoms in total. The Morgan fingerprint density at radius 2 is 1.36 bits per heavy atom. The van der Waals surface area contributed by atoms with Gasteiger partial charge in [-0.05, 0) is 61.7 Å². The van der Waals surface area contributed by atoms with Crippen LogP contribution in [-0.4, -0.2) is 11.7 Å². The van der Waals surface area contributed by atoms with Crippen molar-refractivity contribution < 1.29 is 5.11 Å². The lowest BCUT2D eigenvalue weighted by atomic mass is 9.52. The highest BCUT2D eigenvalue weighted by Crippen LogP contribution is 2.58. The van der Waals surface area contributed by atoms with Gasteiger partial charge in [-0.3, -0.25) is 0 Å². The van der Waals surface area contributed by atoms with E-state index in [0.717, 1.165) is 5.92 Å². The molecule has 3 aliphatic rings. The van der Waals surface area contributed by atoms with Gasteiger partial charge in [-0.15, -0.1) is 0 Å².